The average molecular weight is 342 g/mol. The average Bonchev–Trinajstić information content (AvgIpc) is 2.63. The summed E-state index contributed by atoms with van der Waals surface area (Å²) in [5.41, 5.74) is 0.925. The van der Waals surface area contributed by atoms with Crippen LogP contribution < -0.4 is 10.6 Å². The van der Waals surface area contributed by atoms with Crippen molar-refractivity contribution in [2.24, 2.45) is 0 Å². The van der Waals surface area contributed by atoms with Crippen molar-refractivity contribution in [2.75, 3.05) is 20.2 Å². The van der Waals surface area contributed by atoms with Gasteiger partial charge in [0.1, 0.15) is 0 Å². The minimum Gasteiger partial charge on any atom is -0.469 e. The van der Waals surface area contributed by atoms with Crippen LogP contribution in [0.5, 0.6) is 0 Å². The number of rotatable bonds is 8. The lowest BCUT2D eigenvalue weighted by Gasteiger charge is -2.08. The molecular weight excluding hydrogens is 320 g/mol. The SMILES string of the molecule is COC(=O)CCCNC(=O)CNC(=O)Cc1cccc2ccccc12. The predicted octanol–water partition coefficient (Wildman–Crippen LogP) is 1.57. The van der Waals surface area contributed by atoms with E-state index in [0.717, 1.165) is 16.3 Å². The predicted molar refractivity (Wildman–Crippen MR) is 94.9 cm³/mol. The third kappa shape index (κ3) is 5.91. The maximum absolute atomic E-state index is 12.1. The number of benzene rings is 2. The lowest BCUT2D eigenvalue weighted by atomic mass is 10.0. The van der Waals surface area contributed by atoms with Crippen LogP contribution in [0, 0.1) is 0 Å². The Bertz CT molecular complexity index is 753. The normalized spacial score (nSPS) is 10.3. The number of methoxy groups -OCH3 is 1. The Hall–Kier alpha value is -2.89. The molecule has 2 rings (SSSR count). The lowest BCUT2D eigenvalue weighted by molar-refractivity contribution is -0.140. The van der Waals surface area contributed by atoms with Gasteiger partial charge in [0.2, 0.25) is 11.8 Å². The summed E-state index contributed by atoms with van der Waals surface area (Å²) >= 11 is 0. The first kappa shape index (κ1) is 18.4. The summed E-state index contributed by atoms with van der Waals surface area (Å²) in [6.07, 6.45) is 0.976. The summed E-state index contributed by atoms with van der Waals surface area (Å²) < 4.78 is 4.51. The van der Waals surface area contributed by atoms with Crippen molar-refractivity contribution in [1.82, 2.24) is 10.6 Å². The molecular formula is C19H22N2O4. The van der Waals surface area contributed by atoms with Crippen molar-refractivity contribution in [3.63, 3.8) is 0 Å². The van der Waals surface area contributed by atoms with Gasteiger partial charge in [-0.25, -0.2) is 0 Å². The highest BCUT2D eigenvalue weighted by Crippen LogP contribution is 2.18. The van der Waals surface area contributed by atoms with Gasteiger partial charge in [-0.15, -0.1) is 0 Å². The number of nitrogens with one attached hydrogen (secondary N) is 2. The highest BCUT2D eigenvalue weighted by atomic mass is 16.5. The molecule has 0 aliphatic heterocycles. The highest BCUT2D eigenvalue weighted by Gasteiger charge is 2.09. The molecule has 0 fully saturated rings. The molecule has 0 bridgehead atoms. The number of carbonyl (C=O) groups is 3. The molecule has 0 aromatic heterocycles. The van der Waals surface area contributed by atoms with Gasteiger partial charge >= 0.3 is 5.97 Å². The molecule has 6 nitrogen and oxygen atoms in total. The van der Waals surface area contributed by atoms with E-state index in [0.29, 0.717) is 13.0 Å². The molecule has 25 heavy (non-hydrogen) atoms. The minimum atomic E-state index is -0.308. The molecule has 132 valence electrons. The van der Waals surface area contributed by atoms with Crippen LogP contribution >= 0.6 is 0 Å². The molecule has 2 aromatic carbocycles. The molecule has 0 saturated heterocycles. The fourth-order valence-corrected chi connectivity index (χ4v) is 2.49. The molecule has 0 unspecified atom stereocenters. The van der Waals surface area contributed by atoms with E-state index in [4.69, 9.17) is 0 Å². The van der Waals surface area contributed by atoms with E-state index in [-0.39, 0.29) is 37.2 Å². The van der Waals surface area contributed by atoms with Gasteiger partial charge in [0.05, 0.1) is 20.1 Å². The standard InChI is InChI=1S/C19H22N2O4/c1-25-19(24)10-5-11-20-18(23)13-21-17(22)12-15-8-4-7-14-6-2-3-9-16(14)15/h2-4,6-9H,5,10-13H2,1H3,(H,20,23)(H,21,22). The van der Waals surface area contributed by atoms with Gasteiger partial charge < -0.3 is 15.4 Å². The third-order valence-corrected chi connectivity index (χ3v) is 3.78. The zero-order valence-corrected chi connectivity index (χ0v) is 14.2. The Balaban J connectivity index is 1.75. The Morgan fingerprint density at radius 3 is 2.52 bits per heavy atom. The summed E-state index contributed by atoms with van der Waals surface area (Å²) in [5, 5.41) is 7.38. The molecule has 0 radical (unpaired) electrons. The molecule has 0 heterocycles. The molecule has 0 saturated carbocycles. The largest absolute Gasteiger partial charge is 0.469 e. The molecule has 0 aliphatic carbocycles. The van der Waals surface area contributed by atoms with Gasteiger partial charge in [0.25, 0.3) is 0 Å². The van der Waals surface area contributed by atoms with Gasteiger partial charge in [-0.3, -0.25) is 14.4 Å². The lowest BCUT2D eigenvalue weighted by Crippen LogP contribution is -2.38. The summed E-state index contributed by atoms with van der Waals surface area (Å²) in [6, 6.07) is 13.7. The second-order valence-corrected chi connectivity index (χ2v) is 5.62. The summed E-state index contributed by atoms with van der Waals surface area (Å²) in [5.74, 6) is -0.796. The van der Waals surface area contributed by atoms with Gasteiger partial charge in [-0.2, -0.15) is 0 Å². The first-order valence-corrected chi connectivity index (χ1v) is 8.17. The maximum atomic E-state index is 12.1. The van der Waals surface area contributed by atoms with Crippen LogP contribution in [0.15, 0.2) is 42.5 Å². The van der Waals surface area contributed by atoms with Crippen LogP contribution in [0.2, 0.25) is 0 Å². The molecule has 0 spiro atoms. The summed E-state index contributed by atoms with van der Waals surface area (Å²) in [7, 11) is 1.33. The number of esters is 1. The molecule has 2 N–H and O–H groups in total. The minimum absolute atomic E-state index is 0.0815. The Morgan fingerprint density at radius 2 is 1.72 bits per heavy atom. The first-order valence-electron chi connectivity index (χ1n) is 8.17. The van der Waals surface area contributed by atoms with E-state index in [1.165, 1.54) is 7.11 Å². The van der Waals surface area contributed by atoms with Crippen LogP contribution in [0.4, 0.5) is 0 Å². The smallest absolute Gasteiger partial charge is 0.305 e. The zero-order chi connectivity index (χ0) is 18.1. The third-order valence-electron chi connectivity index (χ3n) is 3.78. The van der Waals surface area contributed by atoms with E-state index in [9.17, 15) is 14.4 Å². The second-order valence-electron chi connectivity index (χ2n) is 5.62. The molecule has 6 heteroatoms. The van der Waals surface area contributed by atoms with Crippen molar-refractivity contribution in [3.05, 3.63) is 48.0 Å². The van der Waals surface area contributed by atoms with E-state index in [1.807, 2.05) is 42.5 Å². The Morgan fingerprint density at radius 1 is 0.960 bits per heavy atom. The first-order chi connectivity index (χ1) is 12.1. The maximum Gasteiger partial charge on any atom is 0.305 e. The quantitative estimate of drug-likeness (QED) is 0.563. The van der Waals surface area contributed by atoms with Gasteiger partial charge in [-0.05, 0) is 22.8 Å². The van der Waals surface area contributed by atoms with Crippen LogP contribution in [0.25, 0.3) is 10.8 Å². The number of hydrogen-bond donors (Lipinski definition) is 2. The van der Waals surface area contributed by atoms with E-state index in [1.54, 1.807) is 0 Å². The van der Waals surface area contributed by atoms with Gasteiger partial charge in [-0.1, -0.05) is 42.5 Å². The molecule has 0 aliphatic rings. The van der Waals surface area contributed by atoms with Crippen LogP contribution in [-0.4, -0.2) is 38.0 Å². The number of ether oxygens (including phenoxy) is 1. The van der Waals surface area contributed by atoms with Crippen molar-refractivity contribution >= 4 is 28.6 Å². The summed E-state index contributed by atoms with van der Waals surface area (Å²) in [6.45, 7) is 0.287. The van der Waals surface area contributed by atoms with Crippen LogP contribution in [-0.2, 0) is 25.5 Å². The fourth-order valence-electron chi connectivity index (χ4n) is 2.49. The van der Waals surface area contributed by atoms with Crippen molar-refractivity contribution in [3.8, 4) is 0 Å². The Labute approximate surface area is 146 Å². The molecule has 2 amide bonds. The van der Waals surface area contributed by atoms with Crippen LogP contribution in [0.1, 0.15) is 18.4 Å². The highest BCUT2D eigenvalue weighted by molar-refractivity contribution is 5.91. The molecule has 0 atom stereocenters. The Kier molecular flexibility index (Phi) is 6.95. The second kappa shape index (κ2) is 9.42. The van der Waals surface area contributed by atoms with Gasteiger partial charge in [0, 0.05) is 13.0 Å². The fraction of sp³-hybridized carbons (Fsp3) is 0.316. The van der Waals surface area contributed by atoms with E-state index in [2.05, 4.69) is 15.4 Å². The zero-order valence-electron chi connectivity index (χ0n) is 14.2. The van der Waals surface area contributed by atoms with Crippen molar-refractivity contribution in [1.29, 1.82) is 0 Å². The summed E-state index contributed by atoms with van der Waals surface area (Å²) in [4.78, 5) is 34.7. The van der Waals surface area contributed by atoms with Crippen molar-refractivity contribution in [2.45, 2.75) is 19.3 Å². The number of carbonyl (C=O) groups excluding carboxylic acids is 3. The van der Waals surface area contributed by atoms with E-state index >= 15 is 0 Å². The van der Waals surface area contributed by atoms with E-state index < -0.39 is 0 Å². The number of fused-ring (bicyclic) bond motifs is 1. The number of hydrogen-bond acceptors (Lipinski definition) is 4. The molecule has 2 aromatic rings. The van der Waals surface area contributed by atoms with Crippen LogP contribution in [0.3, 0.4) is 0 Å². The van der Waals surface area contributed by atoms with Gasteiger partial charge in [0.15, 0.2) is 0 Å². The topological polar surface area (TPSA) is 84.5 Å². The number of amides is 2. The monoisotopic (exact) mass is 342 g/mol. The van der Waals surface area contributed by atoms with Crippen molar-refractivity contribution < 1.29 is 19.1 Å².